The van der Waals surface area contributed by atoms with Crippen LogP contribution in [0.1, 0.15) is 76.6 Å². The Labute approximate surface area is 143 Å². The van der Waals surface area contributed by atoms with Gasteiger partial charge in [0, 0.05) is 24.4 Å². The van der Waals surface area contributed by atoms with Crippen molar-refractivity contribution in [2.45, 2.75) is 76.8 Å². The topological polar surface area (TPSA) is 68.5 Å². The van der Waals surface area contributed by atoms with Gasteiger partial charge in [-0.25, -0.2) is 19.6 Å². The van der Waals surface area contributed by atoms with Gasteiger partial charge in [0.2, 0.25) is 5.95 Å². The predicted molar refractivity (Wildman–Crippen MR) is 93.9 cm³/mol. The second kappa shape index (κ2) is 6.49. The molecule has 0 atom stereocenters. The Morgan fingerprint density at radius 1 is 1.04 bits per heavy atom. The monoisotopic (exact) mass is 326 g/mol. The number of nitrogens with zero attached hydrogens (tertiary/aromatic N) is 5. The number of aromatic nitrogens is 5. The lowest BCUT2D eigenvalue weighted by molar-refractivity contribution is 0.330. The summed E-state index contributed by atoms with van der Waals surface area (Å²) in [5, 5.41) is 8.11. The Morgan fingerprint density at radius 2 is 1.75 bits per heavy atom. The van der Waals surface area contributed by atoms with Crippen LogP contribution in [-0.4, -0.2) is 30.8 Å². The van der Waals surface area contributed by atoms with Gasteiger partial charge in [-0.1, -0.05) is 19.3 Å². The van der Waals surface area contributed by atoms with E-state index in [1.165, 1.54) is 44.9 Å². The Bertz CT molecular complexity index is 680. The van der Waals surface area contributed by atoms with Gasteiger partial charge < -0.3 is 5.32 Å². The number of rotatable bonds is 5. The molecule has 2 aliphatic rings. The van der Waals surface area contributed by atoms with Crippen molar-refractivity contribution >= 4 is 5.95 Å². The second-order valence-electron chi connectivity index (χ2n) is 7.40. The first-order valence-corrected chi connectivity index (χ1v) is 9.26. The first kappa shape index (κ1) is 15.5. The third-order valence-corrected chi connectivity index (χ3v) is 4.84. The largest absolute Gasteiger partial charge is 0.352 e. The summed E-state index contributed by atoms with van der Waals surface area (Å²) >= 11 is 0. The molecule has 0 unspecified atom stereocenters. The van der Waals surface area contributed by atoms with Crippen LogP contribution in [-0.2, 0) is 0 Å². The van der Waals surface area contributed by atoms with Crippen LogP contribution >= 0.6 is 0 Å². The fourth-order valence-electron chi connectivity index (χ4n) is 3.41. The van der Waals surface area contributed by atoms with Crippen molar-refractivity contribution in [3.63, 3.8) is 0 Å². The predicted octanol–water partition coefficient (Wildman–Crippen LogP) is 3.94. The van der Waals surface area contributed by atoms with Gasteiger partial charge in [0.25, 0.3) is 0 Å². The molecule has 0 saturated heterocycles. The van der Waals surface area contributed by atoms with E-state index in [0.29, 0.717) is 23.9 Å². The molecule has 0 aromatic carbocycles. The van der Waals surface area contributed by atoms with E-state index in [1.54, 1.807) is 0 Å². The molecule has 0 amide bonds. The average Bonchev–Trinajstić information content (AvgIpc) is 3.35. The molecule has 2 aliphatic carbocycles. The summed E-state index contributed by atoms with van der Waals surface area (Å²) in [6.07, 6.45) is 12.5. The molecule has 2 fully saturated rings. The zero-order valence-electron chi connectivity index (χ0n) is 14.6. The van der Waals surface area contributed by atoms with Crippen LogP contribution in [0.4, 0.5) is 5.95 Å². The van der Waals surface area contributed by atoms with Crippen LogP contribution in [0.25, 0.3) is 11.4 Å². The van der Waals surface area contributed by atoms with Crippen molar-refractivity contribution in [3.8, 4) is 11.4 Å². The van der Waals surface area contributed by atoms with E-state index >= 15 is 0 Å². The zero-order valence-corrected chi connectivity index (χ0v) is 14.6. The lowest BCUT2D eigenvalue weighted by Gasteiger charge is -2.23. The van der Waals surface area contributed by atoms with E-state index in [4.69, 9.17) is 10.1 Å². The molecule has 128 valence electrons. The summed E-state index contributed by atoms with van der Waals surface area (Å²) in [5.74, 6) is 3.19. The van der Waals surface area contributed by atoms with Crippen molar-refractivity contribution in [2.75, 3.05) is 5.32 Å². The van der Waals surface area contributed by atoms with E-state index in [9.17, 15) is 0 Å². The molecule has 2 heterocycles. The number of hydrogen-bond acceptors (Lipinski definition) is 5. The van der Waals surface area contributed by atoms with Gasteiger partial charge in [0.1, 0.15) is 0 Å². The van der Waals surface area contributed by atoms with E-state index in [1.807, 2.05) is 12.4 Å². The molecule has 2 aromatic heterocycles. The Morgan fingerprint density at radius 3 is 2.38 bits per heavy atom. The van der Waals surface area contributed by atoms with Gasteiger partial charge in [-0.2, -0.15) is 5.10 Å². The van der Waals surface area contributed by atoms with Crippen molar-refractivity contribution in [3.05, 3.63) is 18.2 Å². The van der Waals surface area contributed by atoms with Crippen LogP contribution in [0.2, 0.25) is 0 Å². The lowest BCUT2D eigenvalue weighted by atomic mass is 9.95. The number of hydrogen-bond donors (Lipinski definition) is 1. The van der Waals surface area contributed by atoms with Crippen molar-refractivity contribution in [1.82, 2.24) is 24.7 Å². The number of nitrogens with one attached hydrogen (secondary N) is 1. The summed E-state index contributed by atoms with van der Waals surface area (Å²) in [4.78, 5) is 13.8. The van der Waals surface area contributed by atoms with Crippen molar-refractivity contribution < 1.29 is 0 Å². The summed E-state index contributed by atoms with van der Waals surface area (Å²) in [6.45, 7) is 4.16. The highest BCUT2D eigenvalue weighted by Crippen LogP contribution is 2.40. The minimum absolute atomic E-state index is 0.322. The summed E-state index contributed by atoms with van der Waals surface area (Å²) < 4.78 is 2.17. The molecule has 4 rings (SSSR count). The number of anilines is 1. The Kier molecular flexibility index (Phi) is 4.21. The fourth-order valence-corrected chi connectivity index (χ4v) is 3.41. The standard InChI is InChI=1S/C18H26N6/c1-12(2)21-18-19-10-14(11-20-18)17-22-16(13-8-9-13)23-24(17)15-6-4-3-5-7-15/h10-13,15H,3-9H2,1-2H3,(H,19,20,21). The molecule has 1 N–H and O–H groups in total. The maximum Gasteiger partial charge on any atom is 0.222 e. The lowest BCUT2D eigenvalue weighted by Crippen LogP contribution is -2.16. The van der Waals surface area contributed by atoms with E-state index < -0.39 is 0 Å². The van der Waals surface area contributed by atoms with E-state index in [0.717, 1.165) is 17.2 Å². The summed E-state index contributed by atoms with van der Waals surface area (Å²) in [6, 6.07) is 0.797. The highest BCUT2D eigenvalue weighted by molar-refractivity contribution is 5.54. The molecule has 6 heteroatoms. The second-order valence-corrected chi connectivity index (χ2v) is 7.40. The SMILES string of the molecule is CC(C)Nc1ncc(-c2nc(C3CC3)nn2C2CCCCC2)cn1. The normalized spacial score (nSPS) is 19.0. The van der Waals surface area contributed by atoms with Crippen LogP contribution < -0.4 is 5.32 Å². The van der Waals surface area contributed by atoms with E-state index in [2.05, 4.69) is 33.8 Å². The maximum atomic E-state index is 4.88. The maximum absolute atomic E-state index is 4.88. The first-order valence-electron chi connectivity index (χ1n) is 9.26. The first-order chi connectivity index (χ1) is 11.7. The van der Waals surface area contributed by atoms with E-state index in [-0.39, 0.29) is 0 Å². The molecule has 0 aliphatic heterocycles. The molecular formula is C18H26N6. The molecular weight excluding hydrogens is 300 g/mol. The summed E-state index contributed by atoms with van der Waals surface area (Å²) in [5.41, 5.74) is 0.967. The van der Waals surface area contributed by atoms with Crippen LogP contribution in [0, 0.1) is 0 Å². The zero-order chi connectivity index (χ0) is 16.5. The van der Waals surface area contributed by atoms with Crippen molar-refractivity contribution in [1.29, 1.82) is 0 Å². The van der Waals surface area contributed by atoms with Crippen LogP contribution in [0.15, 0.2) is 12.4 Å². The average molecular weight is 326 g/mol. The molecule has 2 aromatic rings. The quantitative estimate of drug-likeness (QED) is 0.901. The molecule has 24 heavy (non-hydrogen) atoms. The highest BCUT2D eigenvalue weighted by Gasteiger charge is 2.31. The minimum atomic E-state index is 0.322. The molecule has 2 saturated carbocycles. The smallest absolute Gasteiger partial charge is 0.222 e. The van der Waals surface area contributed by atoms with Gasteiger partial charge >= 0.3 is 0 Å². The van der Waals surface area contributed by atoms with Gasteiger partial charge in [0.05, 0.1) is 11.6 Å². The Hall–Kier alpha value is -1.98. The van der Waals surface area contributed by atoms with Gasteiger partial charge in [-0.15, -0.1) is 0 Å². The molecule has 0 spiro atoms. The molecule has 0 radical (unpaired) electrons. The highest BCUT2D eigenvalue weighted by atomic mass is 15.4. The van der Waals surface area contributed by atoms with Gasteiger partial charge in [-0.05, 0) is 39.5 Å². The van der Waals surface area contributed by atoms with Gasteiger partial charge in [-0.3, -0.25) is 0 Å². The third-order valence-electron chi connectivity index (χ3n) is 4.84. The van der Waals surface area contributed by atoms with Crippen LogP contribution in [0.3, 0.4) is 0 Å². The van der Waals surface area contributed by atoms with Gasteiger partial charge in [0.15, 0.2) is 11.6 Å². The molecule has 0 bridgehead atoms. The third kappa shape index (κ3) is 3.28. The fraction of sp³-hybridized carbons (Fsp3) is 0.667. The molecule has 6 nitrogen and oxygen atoms in total. The summed E-state index contributed by atoms with van der Waals surface area (Å²) in [7, 11) is 0. The minimum Gasteiger partial charge on any atom is -0.352 e. The van der Waals surface area contributed by atoms with Crippen LogP contribution in [0.5, 0.6) is 0 Å². The van der Waals surface area contributed by atoms with Crippen molar-refractivity contribution in [2.24, 2.45) is 0 Å². The Balaban J connectivity index is 1.65.